The van der Waals surface area contributed by atoms with Gasteiger partial charge in [-0.2, -0.15) is 13.2 Å². The molecule has 0 amide bonds. The van der Waals surface area contributed by atoms with Gasteiger partial charge in [0.25, 0.3) is 5.56 Å². The van der Waals surface area contributed by atoms with Gasteiger partial charge in [0.1, 0.15) is 18.2 Å². The van der Waals surface area contributed by atoms with Gasteiger partial charge in [-0.1, -0.05) is 0 Å². The number of thiazole rings is 1. The number of halogens is 3. The van der Waals surface area contributed by atoms with Crippen molar-refractivity contribution in [1.82, 2.24) is 9.55 Å². The lowest BCUT2D eigenvalue weighted by atomic mass is 10.2. The maximum absolute atomic E-state index is 12.8. The molecule has 0 radical (unpaired) electrons. The summed E-state index contributed by atoms with van der Waals surface area (Å²) in [7, 11) is 3.05. The van der Waals surface area contributed by atoms with E-state index in [9.17, 15) is 22.8 Å². The first-order valence-corrected chi connectivity index (χ1v) is 9.69. The van der Waals surface area contributed by atoms with Crippen molar-refractivity contribution in [3.63, 3.8) is 0 Å². The highest BCUT2D eigenvalue weighted by atomic mass is 32.1. The molecule has 31 heavy (non-hydrogen) atoms. The Balaban J connectivity index is 1.65. The fourth-order valence-electron chi connectivity index (χ4n) is 2.64. The second kappa shape index (κ2) is 9.21. The molecule has 0 aliphatic heterocycles. The molecule has 2 aromatic heterocycles. The monoisotopic (exact) mass is 454 g/mol. The predicted molar refractivity (Wildman–Crippen MR) is 106 cm³/mol. The quantitative estimate of drug-likeness (QED) is 0.506. The molecule has 0 saturated carbocycles. The van der Waals surface area contributed by atoms with E-state index in [-0.39, 0.29) is 6.61 Å². The van der Waals surface area contributed by atoms with Crippen LogP contribution in [-0.2, 0) is 28.9 Å². The molecule has 0 fully saturated rings. The number of carbonyl (C=O) groups excluding carboxylic acids is 1. The van der Waals surface area contributed by atoms with E-state index in [0.29, 0.717) is 39.0 Å². The zero-order chi connectivity index (χ0) is 22.6. The second-order valence-corrected chi connectivity index (χ2v) is 7.11. The number of nitrogens with zero attached hydrogens (tertiary/aromatic N) is 2. The van der Waals surface area contributed by atoms with Gasteiger partial charge in [0, 0.05) is 23.2 Å². The predicted octanol–water partition coefficient (Wildman–Crippen LogP) is 3.75. The second-order valence-electron chi connectivity index (χ2n) is 6.26. The number of esters is 1. The van der Waals surface area contributed by atoms with E-state index in [1.165, 1.54) is 25.6 Å². The zero-order valence-corrected chi connectivity index (χ0v) is 17.2. The molecule has 0 aliphatic carbocycles. The summed E-state index contributed by atoms with van der Waals surface area (Å²) in [6.45, 7) is -0.828. The topological polar surface area (TPSA) is 79.7 Å². The zero-order valence-electron chi connectivity index (χ0n) is 16.4. The molecule has 0 saturated heterocycles. The van der Waals surface area contributed by atoms with Gasteiger partial charge in [0.15, 0.2) is 11.5 Å². The number of benzene rings is 1. The summed E-state index contributed by atoms with van der Waals surface area (Å²) in [4.78, 5) is 28.1. The van der Waals surface area contributed by atoms with Crippen LogP contribution in [0.2, 0.25) is 0 Å². The number of alkyl halides is 3. The van der Waals surface area contributed by atoms with Crippen molar-refractivity contribution in [3.8, 4) is 22.1 Å². The minimum atomic E-state index is -4.62. The Hall–Kier alpha value is -3.34. The van der Waals surface area contributed by atoms with Gasteiger partial charge in [-0.15, -0.1) is 11.3 Å². The highest BCUT2D eigenvalue weighted by Crippen LogP contribution is 2.33. The largest absolute Gasteiger partial charge is 0.493 e. The van der Waals surface area contributed by atoms with Gasteiger partial charge in [0.2, 0.25) is 0 Å². The van der Waals surface area contributed by atoms with Crippen molar-refractivity contribution in [1.29, 1.82) is 0 Å². The van der Waals surface area contributed by atoms with Crippen LogP contribution < -0.4 is 15.0 Å². The van der Waals surface area contributed by atoms with Gasteiger partial charge in [-0.3, -0.25) is 9.59 Å². The molecule has 11 heteroatoms. The molecule has 0 aliphatic rings. The number of ether oxygens (including phenoxy) is 3. The average Bonchev–Trinajstić information content (AvgIpc) is 3.21. The van der Waals surface area contributed by atoms with Gasteiger partial charge < -0.3 is 18.8 Å². The van der Waals surface area contributed by atoms with Crippen LogP contribution in [-0.4, -0.2) is 29.7 Å². The van der Waals surface area contributed by atoms with Crippen LogP contribution in [0.15, 0.2) is 46.7 Å². The highest BCUT2D eigenvalue weighted by Gasteiger charge is 2.31. The summed E-state index contributed by atoms with van der Waals surface area (Å²) in [6, 6.07) is 6.71. The van der Waals surface area contributed by atoms with Gasteiger partial charge in [-0.05, 0) is 24.3 Å². The lowest BCUT2D eigenvalue weighted by molar-refractivity contribution is -0.146. The van der Waals surface area contributed by atoms with Crippen molar-refractivity contribution >= 4 is 17.3 Å². The van der Waals surface area contributed by atoms with E-state index < -0.39 is 29.8 Å². The summed E-state index contributed by atoms with van der Waals surface area (Å²) < 4.78 is 54.5. The summed E-state index contributed by atoms with van der Waals surface area (Å²) in [6.07, 6.45) is -4.04. The average molecular weight is 454 g/mol. The minimum Gasteiger partial charge on any atom is -0.493 e. The van der Waals surface area contributed by atoms with E-state index in [0.717, 1.165) is 11.6 Å². The number of pyridine rings is 1. The molecule has 3 aromatic rings. The Kier molecular flexibility index (Phi) is 6.64. The van der Waals surface area contributed by atoms with Crippen LogP contribution in [0.3, 0.4) is 0 Å². The number of aromatic nitrogens is 2. The Morgan fingerprint density at radius 2 is 1.87 bits per heavy atom. The van der Waals surface area contributed by atoms with Crippen molar-refractivity contribution in [2.45, 2.75) is 19.3 Å². The van der Waals surface area contributed by atoms with Crippen LogP contribution in [0.25, 0.3) is 10.6 Å². The molecule has 0 bridgehead atoms. The third-order valence-electron chi connectivity index (χ3n) is 4.17. The van der Waals surface area contributed by atoms with Crippen molar-refractivity contribution in [2.24, 2.45) is 0 Å². The molecule has 164 valence electrons. The summed E-state index contributed by atoms with van der Waals surface area (Å²) in [5.41, 5.74) is -0.538. The lowest BCUT2D eigenvalue weighted by Gasteiger charge is -2.10. The van der Waals surface area contributed by atoms with E-state index in [2.05, 4.69) is 4.98 Å². The van der Waals surface area contributed by atoms with Gasteiger partial charge in [0.05, 0.1) is 25.5 Å². The van der Waals surface area contributed by atoms with Crippen LogP contribution in [0.5, 0.6) is 11.5 Å². The Bertz CT molecular complexity index is 1140. The molecule has 2 heterocycles. The molecule has 0 N–H and O–H groups in total. The maximum atomic E-state index is 12.8. The van der Waals surface area contributed by atoms with E-state index >= 15 is 0 Å². The molecule has 1 aromatic carbocycles. The maximum Gasteiger partial charge on any atom is 0.417 e. The SMILES string of the molecule is COc1ccc(-c2nc(COC(=O)Cn3cc(C(F)(F)F)ccc3=O)cs2)cc1OC. The van der Waals surface area contributed by atoms with Crippen molar-refractivity contribution < 1.29 is 32.2 Å². The molecular weight excluding hydrogens is 437 g/mol. The summed E-state index contributed by atoms with van der Waals surface area (Å²) >= 11 is 1.32. The standard InChI is InChI=1S/C20H17F3N2O5S/c1-28-15-5-3-12(7-16(15)29-2)19-24-14(11-31-19)10-30-18(27)9-25-8-13(20(21,22)23)4-6-17(25)26/h3-8,11H,9-10H2,1-2H3. The molecule has 0 spiro atoms. The van der Waals surface area contributed by atoms with Crippen molar-refractivity contribution in [2.75, 3.05) is 14.2 Å². The van der Waals surface area contributed by atoms with Gasteiger partial charge in [-0.25, -0.2) is 4.98 Å². The third-order valence-corrected chi connectivity index (χ3v) is 5.11. The smallest absolute Gasteiger partial charge is 0.417 e. The first kappa shape index (κ1) is 22.3. The fraction of sp³-hybridized carbons (Fsp3) is 0.250. The molecule has 0 unspecified atom stereocenters. The first-order chi connectivity index (χ1) is 14.7. The molecule has 0 atom stereocenters. The van der Waals surface area contributed by atoms with Crippen LogP contribution in [0.4, 0.5) is 13.2 Å². The van der Waals surface area contributed by atoms with Crippen LogP contribution >= 0.6 is 11.3 Å². The molecular formula is C20H17F3N2O5S. The lowest BCUT2D eigenvalue weighted by Crippen LogP contribution is -2.26. The van der Waals surface area contributed by atoms with Crippen molar-refractivity contribution in [3.05, 3.63) is 63.5 Å². The Morgan fingerprint density at radius 1 is 1.13 bits per heavy atom. The number of carbonyl (C=O) groups is 1. The van der Waals surface area contributed by atoms with Gasteiger partial charge >= 0.3 is 12.1 Å². The van der Waals surface area contributed by atoms with E-state index in [1.807, 2.05) is 0 Å². The number of methoxy groups -OCH3 is 2. The molecule has 7 nitrogen and oxygen atoms in total. The number of hydrogen-bond acceptors (Lipinski definition) is 7. The van der Waals surface area contributed by atoms with E-state index in [4.69, 9.17) is 14.2 Å². The summed E-state index contributed by atoms with van der Waals surface area (Å²) in [5, 5.41) is 2.34. The minimum absolute atomic E-state index is 0.184. The number of hydrogen-bond donors (Lipinski definition) is 0. The molecule has 3 rings (SSSR count). The third kappa shape index (κ3) is 5.43. The summed E-state index contributed by atoms with van der Waals surface area (Å²) in [5.74, 6) is 0.249. The first-order valence-electron chi connectivity index (χ1n) is 8.81. The normalized spacial score (nSPS) is 11.3. The fourth-order valence-corrected chi connectivity index (χ4v) is 3.44. The Morgan fingerprint density at radius 3 is 2.55 bits per heavy atom. The van der Waals surface area contributed by atoms with Crippen LogP contribution in [0.1, 0.15) is 11.3 Å². The highest BCUT2D eigenvalue weighted by molar-refractivity contribution is 7.13. The number of rotatable bonds is 7. The Labute approximate surface area is 178 Å². The van der Waals surface area contributed by atoms with Crippen LogP contribution in [0, 0.1) is 0 Å². The van der Waals surface area contributed by atoms with E-state index in [1.54, 1.807) is 23.6 Å².